The number of benzene rings is 1. The number of hydrogen-bond acceptors (Lipinski definition) is 7. The molecule has 2 aromatic rings. The van der Waals surface area contributed by atoms with Crippen LogP contribution in [0.1, 0.15) is 23.5 Å². The Hall–Kier alpha value is -2.59. The monoisotopic (exact) mass is 555 g/mol. The number of thiazole rings is 1. The van der Waals surface area contributed by atoms with E-state index in [2.05, 4.69) is 26.2 Å². The first-order valence-electron chi connectivity index (χ1n) is 11.7. The number of esters is 1. The van der Waals surface area contributed by atoms with E-state index in [0.717, 1.165) is 5.70 Å². The van der Waals surface area contributed by atoms with Gasteiger partial charge in [0.25, 0.3) is 0 Å². The van der Waals surface area contributed by atoms with E-state index < -0.39 is 29.2 Å². The van der Waals surface area contributed by atoms with Crippen LogP contribution in [0.2, 0.25) is 0 Å². The summed E-state index contributed by atoms with van der Waals surface area (Å²) in [4.78, 5) is 34.9. The van der Waals surface area contributed by atoms with E-state index >= 15 is 0 Å². The van der Waals surface area contributed by atoms with Gasteiger partial charge in [-0.2, -0.15) is 0 Å². The predicted molar refractivity (Wildman–Crippen MR) is 126 cm³/mol. The Morgan fingerprint density at radius 1 is 1.23 bits per heavy atom. The maximum absolute atomic E-state index is 14.6. The molecule has 0 unspecified atom stereocenters. The molecule has 6 fully saturated rings. The number of carbonyl (C=O) groups is 2. The van der Waals surface area contributed by atoms with E-state index in [9.17, 15) is 19.1 Å². The van der Waals surface area contributed by atoms with Crippen molar-refractivity contribution in [2.24, 2.45) is 51.3 Å². The van der Waals surface area contributed by atoms with Gasteiger partial charge in [0, 0.05) is 22.7 Å². The normalized spacial score (nSPS) is 42.3. The smallest absolute Gasteiger partial charge is 0.338 e. The lowest BCUT2D eigenvalue weighted by atomic mass is 8.92. The Balaban J connectivity index is 1.31. The average molecular weight is 556 g/mol. The van der Waals surface area contributed by atoms with Crippen molar-refractivity contribution in [1.82, 2.24) is 10.3 Å². The number of aliphatic carboxylic acids is 1. The van der Waals surface area contributed by atoms with Crippen LogP contribution in [0.15, 0.2) is 50.5 Å². The number of hydrogen-bond donors (Lipinski definition) is 2. The summed E-state index contributed by atoms with van der Waals surface area (Å²) < 4.78 is 20.4. The number of ether oxygens (including phenoxy) is 1. The SMILES string of the molecule is CCOC(=O)C1=C(C23C4C5C2C2C3C4C52C(=O)O)NC(c2nccs2)=N[C@@H]1c1cccc(F)c1Br. The molecule has 0 radical (unpaired) electrons. The van der Waals surface area contributed by atoms with Crippen LogP contribution in [0, 0.1) is 52.2 Å². The summed E-state index contributed by atoms with van der Waals surface area (Å²) in [6.07, 6.45) is 1.70. The largest absolute Gasteiger partial charge is 0.481 e. The van der Waals surface area contributed by atoms with Gasteiger partial charge in [0.2, 0.25) is 0 Å². The average Bonchev–Trinajstić information content (AvgIpc) is 3.40. The number of carboxylic acid groups (broad SMARTS) is 1. The zero-order chi connectivity index (χ0) is 24.0. The van der Waals surface area contributed by atoms with Crippen LogP contribution >= 0.6 is 27.3 Å². The Morgan fingerprint density at radius 2 is 1.94 bits per heavy atom. The molecule has 1 aromatic heterocycles. The van der Waals surface area contributed by atoms with E-state index in [1.54, 1.807) is 25.3 Å². The number of amidine groups is 1. The number of carboxylic acids is 1. The van der Waals surface area contributed by atoms with E-state index in [0.29, 0.717) is 22.0 Å². The van der Waals surface area contributed by atoms with Crippen molar-refractivity contribution in [2.45, 2.75) is 13.0 Å². The lowest BCUT2D eigenvalue weighted by molar-refractivity contribution is -0.633. The van der Waals surface area contributed by atoms with Gasteiger partial charge in [-0.1, -0.05) is 12.1 Å². The fourth-order valence-electron chi connectivity index (χ4n) is 9.17. The molecule has 10 heteroatoms. The second-order valence-corrected chi connectivity index (χ2v) is 12.0. The zero-order valence-corrected chi connectivity index (χ0v) is 20.8. The van der Waals surface area contributed by atoms with Gasteiger partial charge in [-0.3, -0.25) is 9.79 Å². The van der Waals surface area contributed by atoms with Crippen LogP contribution < -0.4 is 5.32 Å². The molecule has 7 nitrogen and oxygen atoms in total. The topological polar surface area (TPSA) is 101 Å². The summed E-state index contributed by atoms with van der Waals surface area (Å²) in [6.45, 7) is 1.96. The lowest BCUT2D eigenvalue weighted by Crippen LogP contribution is -3.11. The second-order valence-electron chi connectivity index (χ2n) is 10.3. The van der Waals surface area contributed by atoms with E-state index in [1.807, 2.05) is 5.38 Å². The van der Waals surface area contributed by atoms with Crippen LogP contribution in [0.4, 0.5) is 4.39 Å². The number of rotatable bonds is 6. The van der Waals surface area contributed by atoms with Gasteiger partial charge in [0.05, 0.1) is 22.1 Å². The van der Waals surface area contributed by atoms with Crippen LogP contribution in [0.25, 0.3) is 0 Å². The fourth-order valence-corrected chi connectivity index (χ4v) is 10.2. The Morgan fingerprint density at radius 3 is 2.54 bits per heavy atom. The number of aromatic nitrogens is 1. The van der Waals surface area contributed by atoms with Crippen molar-refractivity contribution in [3.8, 4) is 0 Å². The molecular formula is C25H19BrFN3O4S. The Bertz CT molecular complexity index is 1380. The second kappa shape index (κ2) is 6.21. The highest BCUT2D eigenvalue weighted by Gasteiger charge is 3.12. The summed E-state index contributed by atoms with van der Waals surface area (Å²) in [6, 6.07) is 3.96. The third kappa shape index (κ3) is 1.84. The van der Waals surface area contributed by atoms with Gasteiger partial charge in [-0.15, -0.1) is 11.3 Å². The Kier molecular flexibility index (Phi) is 3.65. The van der Waals surface area contributed by atoms with Crippen molar-refractivity contribution < 1.29 is 23.8 Å². The maximum atomic E-state index is 14.6. The van der Waals surface area contributed by atoms with E-state index in [4.69, 9.17) is 9.73 Å². The van der Waals surface area contributed by atoms with Gasteiger partial charge in [0.15, 0.2) is 10.8 Å². The number of allylic oxidation sites excluding steroid dienone is 1. The number of carbonyl (C=O) groups excluding carboxylic acids is 1. The minimum atomic E-state index is -0.775. The summed E-state index contributed by atoms with van der Waals surface area (Å²) in [5.41, 5.74) is 0.979. The predicted octanol–water partition coefficient (Wildman–Crippen LogP) is 3.78. The summed E-state index contributed by atoms with van der Waals surface area (Å²) in [7, 11) is 0. The molecule has 0 saturated heterocycles. The summed E-state index contributed by atoms with van der Waals surface area (Å²) in [5.74, 6) is 0.352. The number of aliphatic imine (C=N–C) groups is 1. The quantitative estimate of drug-likeness (QED) is 0.526. The molecule has 2 N–H and O–H groups in total. The molecule has 6 saturated carbocycles. The molecule has 2 heterocycles. The maximum Gasteiger partial charge on any atom is 0.338 e. The van der Waals surface area contributed by atoms with E-state index in [-0.39, 0.29) is 52.0 Å². The minimum Gasteiger partial charge on any atom is -0.481 e. The third-order valence-corrected chi connectivity index (χ3v) is 11.5. The number of nitrogens with one attached hydrogen (secondary N) is 1. The standard InChI is InChI=1S/C25H19BrFN3O4S/c1-2-34-22(31)10-18(8-4-3-5-9(27)17(8)26)29-20(21-28-6-7-35-21)30-19(10)24-11-14-12(24)16-13(24)15(11)25(14,16)23(32)33/h3-7,11-16,18H,2H2,1H3,(H,29,30)(H,32,33)/t11?,12?,13?,14?,15?,16?,18-,24?,25?/m1/s1. The van der Waals surface area contributed by atoms with E-state index in [1.165, 1.54) is 17.4 Å². The van der Waals surface area contributed by atoms with Crippen LogP contribution in [0.5, 0.6) is 0 Å². The van der Waals surface area contributed by atoms with Crippen LogP contribution in [0.3, 0.4) is 0 Å². The molecule has 6 aliphatic carbocycles. The molecule has 35 heavy (non-hydrogen) atoms. The number of halogens is 2. The summed E-state index contributed by atoms with van der Waals surface area (Å²) >= 11 is 4.81. The molecule has 1 aliphatic heterocycles. The third-order valence-electron chi connectivity index (χ3n) is 9.88. The molecule has 178 valence electrons. The molecule has 0 bridgehead atoms. The fraction of sp³-hybridized carbons (Fsp3) is 0.440. The van der Waals surface area contributed by atoms with Crippen LogP contribution in [-0.4, -0.2) is 34.5 Å². The Labute approximate surface area is 211 Å². The summed E-state index contributed by atoms with van der Waals surface area (Å²) in [5, 5.41) is 15.9. The lowest BCUT2D eigenvalue weighted by Gasteiger charge is -3.10. The van der Waals surface area contributed by atoms with Crippen molar-refractivity contribution in [2.75, 3.05) is 6.61 Å². The molecule has 0 spiro atoms. The highest BCUT2D eigenvalue weighted by atomic mass is 79.9. The van der Waals surface area contributed by atoms with Gasteiger partial charge in [-0.25, -0.2) is 14.2 Å². The molecule has 7 aliphatic rings. The van der Waals surface area contributed by atoms with Gasteiger partial charge >= 0.3 is 11.9 Å². The van der Waals surface area contributed by atoms with Crippen molar-refractivity contribution >= 4 is 45.0 Å². The zero-order valence-electron chi connectivity index (χ0n) is 18.4. The molecule has 1 atom stereocenters. The minimum absolute atomic E-state index is 0.194. The highest BCUT2D eigenvalue weighted by Crippen LogP contribution is 3.11. The van der Waals surface area contributed by atoms with Crippen LogP contribution in [-0.2, 0) is 14.3 Å². The molecular weight excluding hydrogens is 537 g/mol. The van der Waals surface area contributed by atoms with Gasteiger partial charge < -0.3 is 15.2 Å². The molecule has 1 aromatic carbocycles. The van der Waals surface area contributed by atoms with Crippen molar-refractivity contribution in [3.63, 3.8) is 0 Å². The number of nitrogens with zero attached hydrogens (tertiary/aromatic N) is 2. The first kappa shape index (κ1) is 20.6. The van der Waals surface area contributed by atoms with Gasteiger partial charge in [0.1, 0.15) is 11.9 Å². The first-order valence-corrected chi connectivity index (χ1v) is 13.4. The van der Waals surface area contributed by atoms with Crippen molar-refractivity contribution in [1.29, 1.82) is 0 Å². The van der Waals surface area contributed by atoms with Crippen molar-refractivity contribution in [3.05, 3.63) is 61.9 Å². The highest BCUT2D eigenvalue weighted by molar-refractivity contribution is 9.10. The molecule has 0 amide bonds. The van der Waals surface area contributed by atoms with Gasteiger partial charge in [-0.05, 0) is 70.0 Å². The first-order chi connectivity index (χ1) is 16.9. The molecule has 9 rings (SSSR count).